The molecule has 0 aliphatic heterocycles. The van der Waals surface area contributed by atoms with Gasteiger partial charge in [-0.1, -0.05) is 13.8 Å². The molecule has 0 aliphatic carbocycles. The predicted molar refractivity (Wildman–Crippen MR) is 190 cm³/mol. The molecule has 22 heteroatoms. The molecular weight excluding hydrogens is 715 g/mol. The van der Waals surface area contributed by atoms with Gasteiger partial charge in [0, 0.05) is 11.5 Å². The largest absolute Gasteiger partial charge is 0.481 e. The third-order valence-corrected chi connectivity index (χ3v) is 7.94. The molecule has 0 aromatic rings. The molecular formula is C29H53N9O11S2. The van der Waals surface area contributed by atoms with E-state index in [9.17, 15) is 53.7 Å². The van der Waals surface area contributed by atoms with E-state index < -0.39 is 109 Å². The molecule has 0 fully saturated rings. The van der Waals surface area contributed by atoms with Crippen LogP contribution >= 0.6 is 25.3 Å². The van der Waals surface area contributed by atoms with Gasteiger partial charge in [-0.25, -0.2) is 0 Å². The molecule has 0 radical (unpaired) electrons. The second kappa shape index (κ2) is 24.5. The molecule has 0 saturated heterocycles. The fourth-order valence-corrected chi connectivity index (χ4v) is 4.79. The van der Waals surface area contributed by atoms with E-state index in [0.29, 0.717) is 19.4 Å². The first-order valence-corrected chi connectivity index (χ1v) is 17.4. The van der Waals surface area contributed by atoms with Gasteiger partial charge in [-0.05, 0) is 45.1 Å². The number of aliphatic hydroxyl groups excluding tert-OH is 2. The SMILES string of the molecule is CC(C)C[C@H](NC(=O)[C@@H](NC(=O)[C@H](CC(=O)O)NC(=O)[C@H](CO)NC(=O)[C@H](CCCCN)NC(=O)[C@@H](N)CS)[C@@H](C)O)C(=O)N[C@@H](CS)C(N)=O. The minimum atomic E-state index is -1.90. The second-order valence-electron chi connectivity index (χ2n) is 12.1. The molecule has 0 spiro atoms. The Labute approximate surface area is 306 Å². The van der Waals surface area contributed by atoms with E-state index in [1.54, 1.807) is 13.8 Å². The van der Waals surface area contributed by atoms with Crippen molar-refractivity contribution in [1.82, 2.24) is 31.9 Å². The van der Waals surface area contributed by atoms with Crippen LogP contribution in [0.25, 0.3) is 0 Å². The maximum Gasteiger partial charge on any atom is 0.305 e. The van der Waals surface area contributed by atoms with E-state index >= 15 is 0 Å². The first-order chi connectivity index (χ1) is 23.8. The molecule has 0 heterocycles. The van der Waals surface area contributed by atoms with Gasteiger partial charge < -0.3 is 64.4 Å². The molecule has 0 aliphatic rings. The summed E-state index contributed by atoms with van der Waals surface area (Å²) in [5, 5.41) is 43.4. The Morgan fingerprint density at radius 3 is 1.63 bits per heavy atom. The van der Waals surface area contributed by atoms with E-state index in [1.807, 2.05) is 0 Å². The van der Waals surface area contributed by atoms with Crippen LogP contribution in [-0.2, 0) is 38.4 Å². The van der Waals surface area contributed by atoms with Crippen molar-refractivity contribution < 1.29 is 53.7 Å². The molecule has 0 unspecified atom stereocenters. The quantitative estimate of drug-likeness (QED) is 0.0305. The van der Waals surface area contributed by atoms with Crippen molar-refractivity contribution in [3.8, 4) is 0 Å². The highest BCUT2D eigenvalue weighted by Gasteiger charge is 2.35. The first kappa shape index (κ1) is 47.3. The van der Waals surface area contributed by atoms with Crippen molar-refractivity contribution in [3.63, 3.8) is 0 Å². The van der Waals surface area contributed by atoms with E-state index in [4.69, 9.17) is 17.2 Å². The lowest BCUT2D eigenvalue weighted by Gasteiger charge is -2.28. The van der Waals surface area contributed by atoms with Crippen molar-refractivity contribution in [2.45, 2.75) is 101 Å². The Morgan fingerprint density at radius 2 is 1.16 bits per heavy atom. The number of carbonyl (C=O) groups is 8. The van der Waals surface area contributed by atoms with Gasteiger partial charge in [0.15, 0.2) is 0 Å². The minimum Gasteiger partial charge on any atom is -0.481 e. The van der Waals surface area contributed by atoms with Gasteiger partial charge in [-0.15, -0.1) is 0 Å². The zero-order chi connectivity index (χ0) is 39.4. The van der Waals surface area contributed by atoms with Crippen LogP contribution in [0.3, 0.4) is 0 Å². The van der Waals surface area contributed by atoms with Crippen LogP contribution in [0.5, 0.6) is 0 Å². The Bertz CT molecular complexity index is 1210. The fourth-order valence-electron chi connectivity index (χ4n) is 4.35. The lowest BCUT2D eigenvalue weighted by Crippen LogP contribution is -2.62. The Balaban J connectivity index is 6.00. The predicted octanol–water partition coefficient (Wildman–Crippen LogP) is -5.41. The number of carbonyl (C=O) groups excluding carboxylic acids is 7. The summed E-state index contributed by atoms with van der Waals surface area (Å²) >= 11 is 7.92. The monoisotopic (exact) mass is 767 g/mol. The van der Waals surface area contributed by atoms with E-state index in [-0.39, 0.29) is 30.3 Å². The maximum absolute atomic E-state index is 13.2. The number of amides is 7. The number of carboxylic acids is 1. The number of unbranched alkanes of at least 4 members (excludes halogenated alkanes) is 1. The third kappa shape index (κ3) is 17.9. The van der Waals surface area contributed by atoms with Gasteiger partial charge in [0.05, 0.1) is 25.2 Å². The van der Waals surface area contributed by atoms with Crippen molar-refractivity contribution in [2.75, 3.05) is 24.7 Å². The molecule has 7 amide bonds. The lowest BCUT2D eigenvalue weighted by molar-refractivity contribution is -0.142. The van der Waals surface area contributed by atoms with Gasteiger partial charge in [0.25, 0.3) is 0 Å². The number of carboxylic acid groups (broad SMARTS) is 1. The summed E-state index contributed by atoms with van der Waals surface area (Å²) in [5.41, 5.74) is 16.4. The Morgan fingerprint density at radius 1 is 0.667 bits per heavy atom. The molecule has 0 aromatic heterocycles. The van der Waals surface area contributed by atoms with Crippen LogP contribution in [-0.4, -0.2) is 136 Å². The van der Waals surface area contributed by atoms with Crippen LogP contribution in [0.1, 0.15) is 52.9 Å². The lowest BCUT2D eigenvalue weighted by atomic mass is 10.0. The summed E-state index contributed by atoms with van der Waals surface area (Å²) < 4.78 is 0. The van der Waals surface area contributed by atoms with Crippen LogP contribution in [0.2, 0.25) is 0 Å². The number of aliphatic hydroxyl groups is 2. The Hall–Kier alpha value is -3.70. The standard InChI is InChI=1S/C29H53N9O11S2/c1-13(2)8-17(26(46)37-20(12-51)23(32)43)35-29(49)22(14(3)40)38-27(47)18(9-21(41)42)34-28(48)19(10-39)36-25(45)16(6-4-5-7-30)33-24(44)15(31)11-50/h13-20,22,39-40,50-51H,4-12,30-31H2,1-3H3,(H2,32,43)(H,33,44)(H,34,48)(H,35,49)(H,36,45)(H,37,46)(H,38,47)(H,41,42)/t14-,15+,16+,17+,18+,19+,20+,22+/m1/s1. The average Bonchev–Trinajstić information content (AvgIpc) is 3.05. The number of hydrogen-bond donors (Lipinski definition) is 14. The first-order valence-electron chi connectivity index (χ1n) is 16.1. The van der Waals surface area contributed by atoms with Gasteiger partial charge in [-0.2, -0.15) is 25.3 Å². The summed E-state index contributed by atoms with van der Waals surface area (Å²) in [4.78, 5) is 101. The zero-order valence-electron chi connectivity index (χ0n) is 28.8. The van der Waals surface area contributed by atoms with Crippen molar-refractivity contribution >= 4 is 72.6 Å². The van der Waals surface area contributed by atoms with Gasteiger partial charge >= 0.3 is 5.97 Å². The normalized spacial score (nSPS) is 15.8. The number of aliphatic carboxylic acids is 1. The molecule has 0 rings (SSSR count). The number of nitrogens with two attached hydrogens (primary N) is 3. The highest BCUT2D eigenvalue weighted by atomic mass is 32.1. The molecule has 0 saturated carbocycles. The number of nitrogens with one attached hydrogen (secondary N) is 6. The van der Waals surface area contributed by atoms with Gasteiger partial charge in [0.2, 0.25) is 41.4 Å². The highest BCUT2D eigenvalue weighted by Crippen LogP contribution is 2.08. The number of thiol groups is 2. The summed E-state index contributed by atoms with van der Waals surface area (Å²) in [6.07, 6.45) is -1.61. The Kier molecular flexibility index (Phi) is 22.7. The maximum atomic E-state index is 13.2. The zero-order valence-corrected chi connectivity index (χ0v) is 30.6. The topological polar surface area (TPSA) is 347 Å². The van der Waals surface area contributed by atoms with Crippen molar-refractivity contribution in [2.24, 2.45) is 23.1 Å². The molecule has 20 nitrogen and oxygen atoms in total. The number of hydrogen-bond acceptors (Lipinski definition) is 14. The third-order valence-electron chi connectivity index (χ3n) is 7.19. The molecule has 292 valence electrons. The molecule has 0 bridgehead atoms. The van der Waals surface area contributed by atoms with E-state index in [0.717, 1.165) is 6.92 Å². The van der Waals surface area contributed by atoms with Crippen LogP contribution in [0.15, 0.2) is 0 Å². The number of rotatable bonds is 25. The second-order valence-corrected chi connectivity index (χ2v) is 12.8. The van der Waals surface area contributed by atoms with Gasteiger partial charge in [-0.3, -0.25) is 38.4 Å². The summed E-state index contributed by atoms with van der Waals surface area (Å²) in [6, 6.07) is -10.1. The summed E-state index contributed by atoms with van der Waals surface area (Å²) in [7, 11) is 0. The van der Waals surface area contributed by atoms with Crippen LogP contribution < -0.4 is 49.1 Å². The highest BCUT2D eigenvalue weighted by molar-refractivity contribution is 7.80. The van der Waals surface area contributed by atoms with Crippen molar-refractivity contribution in [3.05, 3.63) is 0 Å². The average molecular weight is 768 g/mol. The molecule has 51 heavy (non-hydrogen) atoms. The number of primary amides is 1. The summed E-state index contributed by atoms with van der Waals surface area (Å²) in [6.45, 7) is 3.89. The fraction of sp³-hybridized carbons (Fsp3) is 0.724. The van der Waals surface area contributed by atoms with E-state index in [1.165, 1.54) is 0 Å². The minimum absolute atomic E-state index is 0.0309. The molecule has 8 atom stereocenters. The van der Waals surface area contributed by atoms with Crippen LogP contribution in [0, 0.1) is 5.92 Å². The molecule has 0 aromatic carbocycles. The van der Waals surface area contributed by atoms with Crippen molar-refractivity contribution in [1.29, 1.82) is 0 Å². The van der Waals surface area contributed by atoms with E-state index in [2.05, 4.69) is 57.2 Å². The summed E-state index contributed by atoms with van der Waals surface area (Å²) in [5.74, 6) is -8.70. The smallest absolute Gasteiger partial charge is 0.305 e. The molecule has 15 N–H and O–H groups in total. The van der Waals surface area contributed by atoms with Gasteiger partial charge in [0.1, 0.15) is 36.3 Å². The van der Waals surface area contributed by atoms with Crippen LogP contribution in [0.4, 0.5) is 0 Å².